The van der Waals surface area contributed by atoms with Gasteiger partial charge in [-0.3, -0.25) is 4.79 Å². The molecule has 0 bridgehead atoms. The maximum absolute atomic E-state index is 12.4. The number of halogens is 1. The van der Waals surface area contributed by atoms with Gasteiger partial charge in [0.05, 0.1) is 12.7 Å². The van der Waals surface area contributed by atoms with Crippen LogP contribution in [0.15, 0.2) is 36.4 Å². The van der Waals surface area contributed by atoms with Crippen LogP contribution in [0.4, 0.5) is 0 Å². The number of ketones is 1. The average molecular weight is 289 g/mol. The van der Waals surface area contributed by atoms with E-state index in [0.717, 1.165) is 16.7 Å². The number of carbonyl (C=O) groups excluding carboxylic acids is 1. The van der Waals surface area contributed by atoms with Gasteiger partial charge in [-0.05, 0) is 48.7 Å². The average Bonchev–Trinajstić information content (AvgIpc) is 2.44. The molecule has 3 heteroatoms. The Morgan fingerprint density at radius 3 is 2.35 bits per heavy atom. The van der Waals surface area contributed by atoms with Crippen molar-refractivity contribution >= 4 is 17.4 Å². The Morgan fingerprint density at radius 2 is 1.75 bits per heavy atom. The fourth-order valence-corrected chi connectivity index (χ4v) is 2.28. The van der Waals surface area contributed by atoms with E-state index in [1.165, 1.54) is 0 Å². The molecular weight excluding hydrogens is 272 g/mol. The molecule has 0 N–H and O–H groups in total. The van der Waals surface area contributed by atoms with Crippen LogP contribution in [0, 0.1) is 13.8 Å². The fraction of sp³-hybridized carbons (Fsp3) is 0.235. The number of ether oxygens (including phenoxy) is 1. The highest BCUT2D eigenvalue weighted by Gasteiger charge is 2.15. The standard InChI is InChI=1S/C17H17ClO2/c1-11-4-9-15(17(20-3)12(11)2)16(19)10-13-5-7-14(18)8-6-13/h4-9H,10H2,1-3H3. The molecule has 2 rings (SSSR count). The summed E-state index contributed by atoms with van der Waals surface area (Å²) in [4.78, 5) is 12.4. The maximum atomic E-state index is 12.4. The smallest absolute Gasteiger partial charge is 0.170 e. The third-order valence-electron chi connectivity index (χ3n) is 3.46. The van der Waals surface area contributed by atoms with Crippen LogP contribution in [0.2, 0.25) is 5.02 Å². The molecule has 0 aromatic heterocycles. The predicted molar refractivity (Wildman–Crippen MR) is 82.0 cm³/mol. The first-order valence-electron chi connectivity index (χ1n) is 6.44. The minimum atomic E-state index is 0.0484. The van der Waals surface area contributed by atoms with E-state index in [2.05, 4.69) is 0 Å². The van der Waals surface area contributed by atoms with Crippen LogP contribution < -0.4 is 4.74 Å². The second-order valence-corrected chi connectivity index (χ2v) is 5.25. The largest absolute Gasteiger partial charge is 0.496 e. The van der Waals surface area contributed by atoms with Crippen molar-refractivity contribution in [3.8, 4) is 5.75 Å². The van der Waals surface area contributed by atoms with E-state index in [9.17, 15) is 4.79 Å². The van der Waals surface area contributed by atoms with E-state index >= 15 is 0 Å². The number of Topliss-reactive ketones (excluding diaryl/α,β-unsaturated/α-hetero) is 1. The summed E-state index contributed by atoms with van der Waals surface area (Å²) < 4.78 is 5.39. The van der Waals surface area contributed by atoms with Crippen molar-refractivity contribution in [2.45, 2.75) is 20.3 Å². The Labute approximate surface area is 124 Å². The third kappa shape index (κ3) is 3.02. The Hall–Kier alpha value is -1.80. The fourth-order valence-electron chi connectivity index (χ4n) is 2.16. The lowest BCUT2D eigenvalue weighted by Gasteiger charge is -2.12. The minimum Gasteiger partial charge on any atom is -0.496 e. The molecule has 0 aliphatic heterocycles. The molecule has 0 amide bonds. The van der Waals surface area contributed by atoms with Crippen molar-refractivity contribution in [3.63, 3.8) is 0 Å². The molecule has 0 heterocycles. The number of benzene rings is 2. The lowest BCUT2D eigenvalue weighted by Crippen LogP contribution is -2.07. The van der Waals surface area contributed by atoms with Crippen molar-refractivity contribution in [1.29, 1.82) is 0 Å². The lowest BCUT2D eigenvalue weighted by molar-refractivity contribution is 0.0990. The summed E-state index contributed by atoms with van der Waals surface area (Å²) in [5, 5.41) is 0.671. The van der Waals surface area contributed by atoms with Gasteiger partial charge in [0.1, 0.15) is 5.75 Å². The van der Waals surface area contributed by atoms with Crippen molar-refractivity contribution in [2.75, 3.05) is 7.11 Å². The van der Waals surface area contributed by atoms with Crippen LogP contribution in [-0.4, -0.2) is 12.9 Å². The van der Waals surface area contributed by atoms with E-state index in [-0.39, 0.29) is 5.78 Å². The molecule has 0 atom stereocenters. The number of carbonyl (C=O) groups is 1. The molecule has 104 valence electrons. The van der Waals surface area contributed by atoms with Gasteiger partial charge < -0.3 is 4.74 Å². The van der Waals surface area contributed by atoms with E-state index < -0.39 is 0 Å². The number of methoxy groups -OCH3 is 1. The monoisotopic (exact) mass is 288 g/mol. The van der Waals surface area contributed by atoms with Gasteiger partial charge in [-0.1, -0.05) is 29.8 Å². The number of hydrogen-bond acceptors (Lipinski definition) is 2. The molecule has 20 heavy (non-hydrogen) atoms. The first-order valence-corrected chi connectivity index (χ1v) is 6.82. The van der Waals surface area contributed by atoms with Crippen LogP contribution in [-0.2, 0) is 6.42 Å². The van der Waals surface area contributed by atoms with E-state index in [1.807, 2.05) is 38.1 Å². The van der Waals surface area contributed by atoms with Crippen molar-refractivity contribution in [3.05, 3.63) is 63.7 Å². The van der Waals surface area contributed by atoms with Crippen molar-refractivity contribution < 1.29 is 9.53 Å². The summed E-state index contributed by atoms with van der Waals surface area (Å²) in [5.74, 6) is 0.719. The summed E-state index contributed by atoms with van der Waals surface area (Å²) in [6, 6.07) is 11.1. The topological polar surface area (TPSA) is 26.3 Å². The zero-order valence-corrected chi connectivity index (χ0v) is 12.6. The molecule has 0 unspecified atom stereocenters. The summed E-state index contributed by atoms with van der Waals surface area (Å²) in [5.41, 5.74) is 3.70. The SMILES string of the molecule is COc1c(C(=O)Cc2ccc(Cl)cc2)ccc(C)c1C. The summed E-state index contributed by atoms with van der Waals surface area (Å²) in [6.45, 7) is 3.97. The van der Waals surface area contributed by atoms with Gasteiger partial charge in [0.2, 0.25) is 0 Å². The Balaban J connectivity index is 2.30. The van der Waals surface area contributed by atoms with Crippen molar-refractivity contribution in [1.82, 2.24) is 0 Å². The van der Waals surface area contributed by atoms with Crippen LogP contribution in [0.5, 0.6) is 5.75 Å². The van der Waals surface area contributed by atoms with Crippen LogP contribution >= 0.6 is 11.6 Å². The molecule has 0 saturated carbocycles. The van der Waals surface area contributed by atoms with Gasteiger partial charge >= 0.3 is 0 Å². The first kappa shape index (κ1) is 14.6. The summed E-state index contributed by atoms with van der Waals surface area (Å²) in [7, 11) is 1.60. The van der Waals surface area contributed by atoms with Gasteiger partial charge in [-0.2, -0.15) is 0 Å². The molecular formula is C17H17ClO2. The molecule has 0 saturated heterocycles. The van der Waals surface area contributed by atoms with E-state index in [4.69, 9.17) is 16.3 Å². The molecule has 0 aliphatic rings. The van der Waals surface area contributed by atoms with Crippen LogP contribution in [0.1, 0.15) is 27.0 Å². The molecule has 0 spiro atoms. The van der Waals surface area contributed by atoms with Crippen molar-refractivity contribution in [2.24, 2.45) is 0 Å². The lowest BCUT2D eigenvalue weighted by atomic mass is 9.98. The molecule has 0 aliphatic carbocycles. The third-order valence-corrected chi connectivity index (χ3v) is 3.71. The first-order chi connectivity index (χ1) is 9.52. The van der Waals surface area contributed by atoms with Gasteiger partial charge in [0, 0.05) is 11.4 Å². The second-order valence-electron chi connectivity index (χ2n) is 4.81. The highest BCUT2D eigenvalue weighted by atomic mass is 35.5. The Morgan fingerprint density at radius 1 is 1.10 bits per heavy atom. The highest BCUT2D eigenvalue weighted by molar-refractivity contribution is 6.30. The van der Waals surface area contributed by atoms with Crippen LogP contribution in [0.3, 0.4) is 0 Å². The number of hydrogen-bond donors (Lipinski definition) is 0. The van der Waals surface area contributed by atoms with E-state index in [0.29, 0.717) is 22.8 Å². The quantitative estimate of drug-likeness (QED) is 0.780. The molecule has 2 aromatic carbocycles. The second kappa shape index (κ2) is 6.10. The summed E-state index contributed by atoms with van der Waals surface area (Å²) >= 11 is 5.85. The minimum absolute atomic E-state index is 0.0484. The molecule has 2 nitrogen and oxygen atoms in total. The summed E-state index contributed by atoms with van der Waals surface area (Å²) in [6.07, 6.45) is 0.343. The number of rotatable bonds is 4. The van der Waals surface area contributed by atoms with Gasteiger partial charge in [0.15, 0.2) is 5.78 Å². The Bertz CT molecular complexity index is 630. The number of aryl methyl sites for hydroxylation is 1. The van der Waals surface area contributed by atoms with Gasteiger partial charge in [-0.25, -0.2) is 0 Å². The molecule has 0 radical (unpaired) electrons. The molecule has 2 aromatic rings. The van der Waals surface area contributed by atoms with Gasteiger partial charge in [0.25, 0.3) is 0 Å². The molecule has 0 fully saturated rings. The highest BCUT2D eigenvalue weighted by Crippen LogP contribution is 2.27. The normalized spacial score (nSPS) is 10.4. The Kier molecular flexibility index (Phi) is 4.46. The van der Waals surface area contributed by atoms with Crippen LogP contribution in [0.25, 0.3) is 0 Å². The zero-order valence-electron chi connectivity index (χ0n) is 11.9. The maximum Gasteiger partial charge on any atom is 0.170 e. The van der Waals surface area contributed by atoms with E-state index in [1.54, 1.807) is 19.2 Å². The predicted octanol–water partition coefficient (Wildman–Crippen LogP) is 4.39. The van der Waals surface area contributed by atoms with Gasteiger partial charge in [-0.15, -0.1) is 0 Å². The zero-order chi connectivity index (χ0) is 14.7.